The van der Waals surface area contributed by atoms with Crippen LogP contribution < -0.4 is 4.90 Å². The molecule has 0 bridgehead atoms. The Morgan fingerprint density at radius 3 is 1.11 bits per heavy atom. The molecule has 0 amide bonds. The molecule has 0 atom stereocenters. The predicted molar refractivity (Wildman–Crippen MR) is 226 cm³/mol. The molecule has 0 aliphatic carbocycles. The van der Waals surface area contributed by atoms with Crippen LogP contribution >= 0.6 is 0 Å². The molecule has 0 aliphatic rings. The first kappa shape index (κ1) is 32.0. The first-order chi connectivity index (χ1) is 26.3. The maximum absolute atomic E-state index is 2.39. The highest BCUT2D eigenvalue weighted by Crippen LogP contribution is 2.43. The van der Waals surface area contributed by atoms with Crippen LogP contribution in [0.3, 0.4) is 0 Å². The highest BCUT2D eigenvalue weighted by atomic mass is 15.1. The molecule has 0 radical (unpaired) electrons. The summed E-state index contributed by atoms with van der Waals surface area (Å²) in [7, 11) is 0. The summed E-state index contributed by atoms with van der Waals surface area (Å²) < 4.78 is 0. The van der Waals surface area contributed by atoms with Crippen LogP contribution in [-0.4, -0.2) is 0 Å². The van der Waals surface area contributed by atoms with Crippen LogP contribution in [0.2, 0.25) is 0 Å². The molecule has 250 valence electrons. The van der Waals surface area contributed by atoms with Crippen molar-refractivity contribution >= 4 is 27.8 Å². The number of benzene rings is 9. The summed E-state index contributed by atoms with van der Waals surface area (Å²) in [5.74, 6) is 0. The molecular formula is C52H37N. The maximum atomic E-state index is 2.39. The van der Waals surface area contributed by atoms with E-state index in [-0.39, 0.29) is 0 Å². The quantitative estimate of drug-likeness (QED) is 0.155. The number of nitrogens with zero attached hydrogens (tertiary/aromatic N) is 1. The monoisotopic (exact) mass is 675 g/mol. The van der Waals surface area contributed by atoms with Crippen molar-refractivity contribution in [2.75, 3.05) is 4.90 Å². The van der Waals surface area contributed by atoms with Gasteiger partial charge in [-0.15, -0.1) is 0 Å². The minimum absolute atomic E-state index is 1.10. The topological polar surface area (TPSA) is 3.24 Å². The Labute approximate surface area is 311 Å². The van der Waals surface area contributed by atoms with Gasteiger partial charge in [0.2, 0.25) is 0 Å². The highest BCUT2D eigenvalue weighted by molar-refractivity contribution is 5.92. The average Bonchev–Trinajstić information content (AvgIpc) is 3.25. The Kier molecular flexibility index (Phi) is 8.66. The van der Waals surface area contributed by atoms with Crippen LogP contribution in [0.25, 0.3) is 66.4 Å². The van der Waals surface area contributed by atoms with Gasteiger partial charge in [0, 0.05) is 16.9 Å². The van der Waals surface area contributed by atoms with Gasteiger partial charge >= 0.3 is 0 Å². The molecule has 0 saturated carbocycles. The second kappa shape index (κ2) is 14.3. The first-order valence-corrected chi connectivity index (χ1v) is 18.2. The van der Waals surface area contributed by atoms with Gasteiger partial charge in [0.25, 0.3) is 0 Å². The van der Waals surface area contributed by atoms with Crippen LogP contribution in [0.5, 0.6) is 0 Å². The fourth-order valence-corrected chi connectivity index (χ4v) is 7.28. The molecule has 0 N–H and O–H groups in total. The van der Waals surface area contributed by atoms with Crippen molar-refractivity contribution in [3.63, 3.8) is 0 Å². The van der Waals surface area contributed by atoms with Crippen molar-refractivity contribution in [3.05, 3.63) is 224 Å². The summed E-state index contributed by atoms with van der Waals surface area (Å²) >= 11 is 0. The van der Waals surface area contributed by atoms with Gasteiger partial charge in [0.1, 0.15) is 0 Å². The van der Waals surface area contributed by atoms with Gasteiger partial charge in [-0.2, -0.15) is 0 Å². The summed E-state index contributed by atoms with van der Waals surface area (Å²) in [6.07, 6.45) is 0. The molecular weight excluding hydrogens is 639 g/mol. The molecule has 1 nitrogen and oxygen atoms in total. The maximum Gasteiger partial charge on any atom is 0.0540 e. The summed E-state index contributed by atoms with van der Waals surface area (Å²) in [5.41, 5.74) is 15.3. The predicted octanol–water partition coefficient (Wildman–Crippen LogP) is 14.6. The fraction of sp³-hybridized carbons (Fsp3) is 0. The van der Waals surface area contributed by atoms with E-state index >= 15 is 0 Å². The standard InChI is InChI=1S/C52H37N/c1-4-12-38(13-5-1)41-20-22-43(23-21-41)48-30-35-52(51(37-48)45-17-8-3-9-18-45)53(49-31-26-42(27-32-49)39-14-6-2-7-15-39)50-33-28-44(29-34-50)47-25-24-40-16-10-11-19-46(40)36-47/h1-37H. The molecule has 0 saturated heterocycles. The van der Waals surface area contributed by atoms with Crippen molar-refractivity contribution < 1.29 is 0 Å². The van der Waals surface area contributed by atoms with Crippen molar-refractivity contribution in [2.24, 2.45) is 0 Å². The Balaban J connectivity index is 1.16. The smallest absolute Gasteiger partial charge is 0.0540 e. The third kappa shape index (κ3) is 6.65. The lowest BCUT2D eigenvalue weighted by Gasteiger charge is -2.29. The highest BCUT2D eigenvalue weighted by Gasteiger charge is 2.19. The Morgan fingerprint density at radius 2 is 0.585 bits per heavy atom. The number of rotatable bonds is 8. The Bertz CT molecular complexity index is 2610. The third-order valence-corrected chi connectivity index (χ3v) is 10.1. The minimum atomic E-state index is 1.10. The van der Waals surface area contributed by atoms with Crippen LogP contribution in [0.4, 0.5) is 17.1 Å². The van der Waals surface area contributed by atoms with E-state index in [9.17, 15) is 0 Å². The lowest BCUT2D eigenvalue weighted by molar-refractivity contribution is 1.28. The van der Waals surface area contributed by atoms with Crippen LogP contribution in [0.1, 0.15) is 0 Å². The molecule has 0 heterocycles. The minimum Gasteiger partial charge on any atom is -0.310 e. The lowest BCUT2D eigenvalue weighted by Crippen LogP contribution is -2.11. The molecule has 0 spiro atoms. The summed E-state index contributed by atoms with van der Waals surface area (Å²) in [5, 5.41) is 2.50. The van der Waals surface area contributed by atoms with Gasteiger partial charge in [-0.05, 0) is 103 Å². The van der Waals surface area contributed by atoms with Gasteiger partial charge in [-0.25, -0.2) is 0 Å². The number of hydrogen-bond acceptors (Lipinski definition) is 1. The summed E-state index contributed by atoms with van der Waals surface area (Å²) in [6, 6.07) is 80.9. The van der Waals surface area contributed by atoms with E-state index in [1.807, 2.05) is 0 Å². The molecule has 9 aromatic carbocycles. The summed E-state index contributed by atoms with van der Waals surface area (Å²) in [4.78, 5) is 2.39. The number of hydrogen-bond donors (Lipinski definition) is 0. The molecule has 9 rings (SSSR count). The van der Waals surface area contributed by atoms with E-state index in [1.54, 1.807) is 0 Å². The van der Waals surface area contributed by atoms with E-state index in [0.717, 1.165) is 17.1 Å². The normalized spacial score (nSPS) is 11.0. The van der Waals surface area contributed by atoms with E-state index in [0.29, 0.717) is 0 Å². The zero-order valence-corrected chi connectivity index (χ0v) is 29.3. The van der Waals surface area contributed by atoms with E-state index < -0.39 is 0 Å². The van der Waals surface area contributed by atoms with E-state index in [4.69, 9.17) is 0 Å². The molecule has 0 unspecified atom stereocenters. The molecule has 9 aromatic rings. The van der Waals surface area contributed by atoms with Crippen molar-refractivity contribution in [1.82, 2.24) is 0 Å². The second-order valence-corrected chi connectivity index (χ2v) is 13.4. The van der Waals surface area contributed by atoms with Gasteiger partial charge < -0.3 is 4.90 Å². The first-order valence-electron chi connectivity index (χ1n) is 18.2. The zero-order chi connectivity index (χ0) is 35.4. The van der Waals surface area contributed by atoms with Crippen LogP contribution in [-0.2, 0) is 0 Å². The lowest BCUT2D eigenvalue weighted by atomic mass is 9.95. The largest absolute Gasteiger partial charge is 0.310 e. The van der Waals surface area contributed by atoms with Gasteiger partial charge in [0.05, 0.1) is 5.69 Å². The Hall–Kier alpha value is -6.96. The van der Waals surface area contributed by atoms with Crippen molar-refractivity contribution in [1.29, 1.82) is 0 Å². The molecule has 53 heavy (non-hydrogen) atoms. The molecule has 1 heteroatoms. The fourth-order valence-electron chi connectivity index (χ4n) is 7.28. The molecule has 0 fully saturated rings. The van der Waals surface area contributed by atoms with Crippen molar-refractivity contribution in [3.8, 4) is 55.6 Å². The van der Waals surface area contributed by atoms with E-state index in [2.05, 4.69) is 229 Å². The third-order valence-electron chi connectivity index (χ3n) is 10.1. The average molecular weight is 676 g/mol. The van der Waals surface area contributed by atoms with Crippen molar-refractivity contribution in [2.45, 2.75) is 0 Å². The summed E-state index contributed by atoms with van der Waals surface area (Å²) in [6.45, 7) is 0. The van der Waals surface area contributed by atoms with Gasteiger partial charge in [-0.3, -0.25) is 0 Å². The second-order valence-electron chi connectivity index (χ2n) is 13.4. The SMILES string of the molecule is c1ccc(-c2ccc(-c3ccc(N(c4ccc(-c5ccccc5)cc4)c4ccc(-c5ccc6ccccc6c5)cc4)c(-c4ccccc4)c3)cc2)cc1. The van der Waals surface area contributed by atoms with Crippen LogP contribution in [0.15, 0.2) is 224 Å². The number of fused-ring (bicyclic) bond motifs is 1. The van der Waals surface area contributed by atoms with E-state index in [1.165, 1.54) is 66.4 Å². The van der Waals surface area contributed by atoms with Gasteiger partial charge in [-0.1, -0.05) is 182 Å². The molecule has 0 aromatic heterocycles. The molecule has 0 aliphatic heterocycles. The zero-order valence-electron chi connectivity index (χ0n) is 29.3. The Morgan fingerprint density at radius 1 is 0.226 bits per heavy atom. The number of anilines is 3. The van der Waals surface area contributed by atoms with Gasteiger partial charge in [0.15, 0.2) is 0 Å². The van der Waals surface area contributed by atoms with Crippen LogP contribution in [0, 0.1) is 0 Å².